The Morgan fingerprint density at radius 1 is 1.18 bits per heavy atom. The van der Waals surface area contributed by atoms with Crippen molar-refractivity contribution >= 4 is 11.9 Å². The summed E-state index contributed by atoms with van der Waals surface area (Å²) in [6.45, 7) is 0.489. The molecule has 1 amide bonds. The van der Waals surface area contributed by atoms with Crippen LogP contribution in [0.2, 0.25) is 0 Å². The topological polar surface area (TPSA) is 66.8 Å². The number of nitrogens with zero attached hydrogens (tertiary/aromatic N) is 1. The maximum atomic E-state index is 12.7. The maximum absolute atomic E-state index is 12.7. The molecule has 0 aliphatic heterocycles. The largest absolute Gasteiger partial charge is 0.479 e. The summed E-state index contributed by atoms with van der Waals surface area (Å²) in [6.07, 6.45) is 3.76. The summed E-state index contributed by atoms with van der Waals surface area (Å²) in [4.78, 5) is 25.9. The number of carboxylic acid groups (broad SMARTS) is 1. The molecule has 0 spiro atoms. The fraction of sp³-hybridized carbons (Fsp3) is 0.529. The van der Waals surface area contributed by atoms with Crippen molar-refractivity contribution in [1.82, 2.24) is 4.90 Å². The summed E-state index contributed by atoms with van der Waals surface area (Å²) in [5.41, 5.74) is 0.418. The Labute approximate surface area is 130 Å². The molecule has 5 heteroatoms. The molecule has 0 saturated heterocycles. The Morgan fingerprint density at radius 3 is 2.27 bits per heavy atom. The standard InChI is InChI=1S/C17H23NO4/c1-18(17(16(20)21)10-4-3-5-11-17)15(19)14-8-6-13(7-9-14)12-22-2/h6-9H,3-5,10-12H2,1-2H3,(H,20,21). The van der Waals surface area contributed by atoms with Crippen molar-refractivity contribution in [2.75, 3.05) is 14.2 Å². The fourth-order valence-corrected chi connectivity index (χ4v) is 3.13. The van der Waals surface area contributed by atoms with Gasteiger partial charge in [-0.3, -0.25) is 4.79 Å². The Bertz CT molecular complexity index is 532. The highest BCUT2D eigenvalue weighted by Gasteiger charge is 2.45. The van der Waals surface area contributed by atoms with Crippen LogP contribution in [0.3, 0.4) is 0 Å². The minimum atomic E-state index is -1.07. The van der Waals surface area contributed by atoms with Crippen LogP contribution in [0.1, 0.15) is 48.0 Å². The van der Waals surface area contributed by atoms with Crippen LogP contribution in [0.15, 0.2) is 24.3 Å². The SMILES string of the molecule is COCc1ccc(C(=O)N(C)C2(C(=O)O)CCCCC2)cc1. The number of hydrogen-bond donors (Lipinski definition) is 1. The molecule has 0 radical (unpaired) electrons. The van der Waals surface area contributed by atoms with Gasteiger partial charge in [-0.2, -0.15) is 0 Å². The van der Waals surface area contributed by atoms with Gasteiger partial charge in [0.2, 0.25) is 0 Å². The molecule has 1 fully saturated rings. The van der Waals surface area contributed by atoms with Crippen LogP contribution in [0.25, 0.3) is 0 Å². The van der Waals surface area contributed by atoms with Gasteiger partial charge in [-0.25, -0.2) is 4.79 Å². The van der Waals surface area contributed by atoms with E-state index in [1.807, 2.05) is 12.1 Å². The van der Waals surface area contributed by atoms with Gasteiger partial charge in [0, 0.05) is 19.7 Å². The molecule has 0 heterocycles. The zero-order valence-corrected chi connectivity index (χ0v) is 13.2. The van der Waals surface area contributed by atoms with Gasteiger partial charge < -0.3 is 14.7 Å². The summed E-state index contributed by atoms with van der Waals surface area (Å²) in [5, 5.41) is 9.66. The lowest BCUT2D eigenvalue weighted by Crippen LogP contribution is -2.56. The number of carbonyl (C=O) groups is 2. The van der Waals surface area contributed by atoms with Gasteiger partial charge in [-0.05, 0) is 30.5 Å². The molecule has 5 nitrogen and oxygen atoms in total. The van der Waals surface area contributed by atoms with Gasteiger partial charge in [-0.15, -0.1) is 0 Å². The van der Waals surface area contributed by atoms with E-state index >= 15 is 0 Å². The van der Waals surface area contributed by atoms with E-state index in [1.165, 1.54) is 4.90 Å². The Hall–Kier alpha value is -1.88. The van der Waals surface area contributed by atoms with E-state index in [-0.39, 0.29) is 5.91 Å². The summed E-state index contributed by atoms with van der Waals surface area (Å²) in [5.74, 6) is -1.15. The summed E-state index contributed by atoms with van der Waals surface area (Å²) in [7, 11) is 3.22. The van der Waals surface area contributed by atoms with E-state index in [0.29, 0.717) is 25.0 Å². The first-order valence-electron chi connectivity index (χ1n) is 7.61. The lowest BCUT2D eigenvalue weighted by Gasteiger charge is -2.41. The quantitative estimate of drug-likeness (QED) is 0.908. The van der Waals surface area contributed by atoms with Gasteiger partial charge in [0.25, 0.3) is 5.91 Å². The van der Waals surface area contributed by atoms with Crippen molar-refractivity contribution in [1.29, 1.82) is 0 Å². The van der Waals surface area contributed by atoms with E-state index < -0.39 is 11.5 Å². The number of hydrogen-bond acceptors (Lipinski definition) is 3. The number of amides is 1. The second kappa shape index (κ2) is 6.92. The molecule has 0 atom stereocenters. The lowest BCUT2D eigenvalue weighted by molar-refractivity contribution is -0.151. The molecule has 1 N–H and O–H groups in total. The van der Waals surface area contributed by atoms with Crippen LogP contribution in [-0.4, -0.2) is 41.6 Å². The number of methoxy groups -OCH3 is 1. The highest BCUT2D eigenvalue weighted by molar-refractivity contribution is 5.97. The number of ether oxygens (including phenoxy) is 1. The van der Waals surface area contributed by atoms with E-state index in [9.17, 15) is 14.7 Å². The van der Waals surface area contributed by atoms with E-state index in [0.717, 1.165) is 24.8 Å². The number of aliphatic carboxylic acids is 1. The fourth-order valence-electron chi connectivity index (χ4n) is 3.13. The number of rotatable bonds is 5. The van der Waals surface area contributed by atoms with E-state index in [2.05, 4.69) is 0 Å². The molecule has 22 heavy (non-hydrogen) atoms. The van der Waals surface area contributed by atoms with Crippen LogP contribution in [0, 0.1) is 0 Å². The second-order valence-electron chi connectivity index (χ2n) is 5.89. The van der Waals surface area contributed by atoms with Crippen molar-refractivity contribution < 1.29 is 19.4 Å². The molecule has 1 aromatic rings. The average molecular weight is 305 g/mol. The summed E-state index contributed by atoms with van der Waals surface area (Å²) in [6, 6.07) is 7.12. The van der Waals surface area contributed by atoms with Crippen molar-refractivity contribution in [2.45, 2.75) is 44.2 Å². The third-order valence-corrected chi connectivity index (χ3v) is 4.54. The summed E-state index contributed by atoms with van der Waals surface area (Å²) >= 11 is 0. The molecule has 2 rings (SSSR count). The molecular weight excluding hydrogens is 282 g/mol. The first kappa shape index (κ1) is 16.5. The van der Waals surface area contributed by atoms with Gasteiger partial charge in [0.15, 0.2) is 0 Å². The normalized spacial score (nSPS) is 17.0. The molecule has 0 unspecified atom stereocenters. The number of benzene rings is 1. The lowest BCUT2D eigenvalue weighted by atomic mass is 9.80. The van der Waals surface area contributed by atoms with Crippen LogP contribution < -0.4 is 0 Å². The number of carboxylic acids is 1. The maximum Gasteiger partial charge on any atom is 0.329 e. The van der Waals surface area contributed by atoms with E-state index in [1.54, 1.807) is 26.3 Å². The van der Waals surface area contributed by atoms with Crippen LogP contribution in [0.4, 0.5) is 0 Å². The highest BCUT2D eigenvalue weighted by atomic mass is 16.5. The van der Waals surface area contributed by atoms with Crippen molar-refractivity contribution in [3.63, 3.8) is 0 Å². The van der Waals surface area contributed by atoms with Gasteiger partial charge >= 0.3 is 5.97 Å². The van der Waals surface area contributed by atoms with Crippen molar-refractivity contribution in [2.24, 2.45) is 0 Å². The number of likely N-dealkylation sites (N-methyl/N-ethyl adjacent to an activating group) is 1. The summed E-state index contributed by atoms with van der Waals surface area (Å²) < 4.78 is 5.05. The zero-order valence-electron chi connectivity index (χ0n) is 13.2. The molecule has 120 valence electrons. The highest BCUT2D eigenvalue weighted by Crippen LogP contribution is 2.34. The number of carbonyl (C=O) groups excluding carboxylic acids is 1. The predicted octanol–water partition coefficient (Wildman–Crippen LogP) is 2.69. The predicted molar refractivity (Wildman–Crippen MR) is 82.7 cm³/mol. The van der Waals surface area contributed by atoms with Crippen LogP contribution in [-0.2, 0) is 16.1 Å². The van der Waals surface area contributed by atoms with E-state index in [4.69, 9.17) is 4.74 Å². The first-order valence-corrected chi connectivity index (χ1v) is 7.61. The van der Waals surface area contributed by atoms with Gasteiger partial charge in [0.1, 0.15) is 5.54 Å². The second-order valence-corrected chi connectivity index (χ2v) is 5.89. The molecule has 0 aromatic heterocycles. The molecule has 0 bridgehead atoms. The Morgan fingerprint density at radius 2 is 1.77 bits per heavy atom. The van der Waals surface area contributed by atoms with Crippen LogP contribution in [0.5, 0.6) is 0 Å². The Balaban J connectivity index is 2.21. The van der Waals surface area contributed by atoms with Crippen LogP contribution >= 0.6 is 0 Å². The van der Waals surface area contributed by atoms with Gasteiger partial charge in [-0.1, -0.05) is 31.4 Å². The smallest absolute Gasteiger partial charge is 0.329 e. The monoisotopic (exact) mass is 305 g/mol. The third-order valence-electron chi connectivity index (χ3n) is 4.54. The first-order chi connectivity index (χ1) is 10.5. The molecule has 1 aliphatic rings. The van der Waals surface area contributed by atoms with Crippen molar-refractivity contribution in [3.8, 4) is 0 Å². The molecule has 1 aromatic carbocycles. The van der Waals surface area contributed by atoms with Crippen molar-refractivity contribution in [3.05, 3.63) is 35.4 Å². The Kier molecular flexibility index (Phi) is 5.19. The minimum Gasteiger partial charge on any atom is -0.479 e. The third kappa shape index (κ3) is 3.14. The molecule has 1 saturated carbocycles. The molecule has 1 aliphatic carbocycles. The van der Waals surface area contributed by atoms with Gasteiger partial charge in [0.05, 0.1) is 6.61 Å². The molecular formula is C17H23NO4. The average Bonchev–Trinajstić information content (AvgIpc) is 2.55. The zero-order chi connectivity index (χ0) is 16.2. The minimum absolute atomic E-state index is 0.242.